The van der Waals surface area contributed by atoms with E-state index in [0.29, 0.717) is 17.7 Å². The molecule has 1 aliphatic heterocycles. The van der Waals surface area contributed by atoms with Gasteiger partial charge in [0.25, 0.3) is 0 Å². The van der Waals surface area contributed by atoms with Gasteiger partial charge in [0.15, 0.2) is 11.6 Å². The zero-order valence-electron chi connectivity index (χ0n) is 8.82. The summed E-state index contributed by atoms with van der Waals surface area (Å²) in [6.45, 7) is 0. The maximum Gasteiger partial charge on any atom is 0.320 e. The number of carboxylic acids is 1. The lowest BCUT2D eigenvalue weighted by Crippen LogP contribution is -2.41. The number of carbonyl (C=O) groups is 1. The van der Waals surface area contributed by atoms with Crippen LogP contribution in [-0.4, -0.2) is 22.9 Å². The topological polar surface area (TPSA) is 49.3 Å². The maximum absolute atomic E-state index is 13.1. The Morgan fingerprint density at radius 1 is 1.41 bits per heavy atom. The quantitative estimate of drug-likeness (QED) is 0.854. The highest BCUT2D eigenvalue weighted by molar-refractivity contribution is 7.99. The summed E-state index contributed by atoms with van der Waals surface area (Å²) in [7, 11) is 0. The Bertz CT molecular complexity index is 441. The van der Waals surface area contributed by atoms with Crippen molar-refractivity contribution in [2.45, 2.75) is 17.8 Å². The molecule has 17 heavy (non-hydrogen) atoms. The Labute approximate surface area is 101 Å². The zero-order valence-corrected chi connectivity index (χ0v) is 9.64. The molecule has 0 spiro atoms. The van der Waals surface area contributed by atoms with Gasteiger partial charge in [-0.1, -0.05) is 6.07 Å². The van der Waals surface area contributed by atoms with Crippen LogP contribution >= 0.6 is 11.8 Å². The first-order chi connectivity index (χ1) is 8.08. The summed E-state index contributed by atoms with van der Waals surface area (Å²) >= 11 is 1.49. The van der Waals surface area contributed by atoms with Crippen LogP contribution in [0.25, 0.3) is 0 Å². The van der Waals surface area contributed by atoms with Gasteiger partial charge in [0, 0.05) is 0 Å². The minimum Gasteiger partial charge on any atom is -0.480 e. The van der Waals surface area contributed by atoms with Crippen molar-refractivity contribution in [1.29, 1.82) is 0 Å². The van der Waals surface area contributed by atoms with Gasteiger partial charge in [-0.15, -0.1) is 11.8 Å². The first-order valence-electron chi connectivity index (χ1n) is 5.13. The first kappa shape index (κ1) is 12.3. The number of hydrogen-bond donors (Lipinski definition) is 2. The number of rotatable bonds is 2. The Kier molecular flexibility index (Phi) is 3.63. The molecule has 0 aromatic heterocycles. The lowest BCUT2D eigenvalue weighted by Gasteiger charge is -2.28. The molecule has 2 rings (SSSR count). The number of benzene rings is 1. The van der Waals surface area contributed by atoms with E-state index < -0.39 is 23.6 Å². The van der Waals surface area contributed by atoms with E-state index in [2.05, 4.69) is 5.32 Å². The van der Waals surface area contributed by atoms with Gasteiger partial charge in [0.2, 0.25) is 0 Å². The third kappa shape index (κ3) is 2.76. The molecule has 92 valence electrons. The number of hydrogen-bond acceptors (Lipinski definition) is 3. The molecule has 6 heteroatoms. The Hall–Kier alpha value is -1.14. The average molecular weight is 259 g/mol. The van der Waals surface area contributed by atoms with Gasteiger partial charge in [-0.05, 0) is 29.9 Å². The largest absolute Gasteiger partial charge is 0.480 e. The second-order valence-electron chi connectivity index (χ2n) is 3.77. The van der Waals surface area contributed by atoms with Crippen LogP contribution in [0.15, 0.2) is 18.2 Å². The molecule has 2 unspecified atom stereocenters. The summed E-state index contributed by atoms with van der Waals surface area (Å²) in [6.07, 6.45) is 0.528. The van der Waals surface area contributed by atoms with Crippen molar-refractivity contribution in [3.05, 3.63) is 35.4 Å². The van der Waals surface area contributed by atoms with Crippen LogP contribution in [0, 0.1) is 11.6 Å². The normalized spacial score (nSPS) is 24.6. The summed E-state index contributed by atoms with van der Waals surface area (Å²) in [4.78, 5) is 10.8. The number of nitrogens with one attached hydrogen (secondary N) is 1. The molecule has 1 saturated heterocycles. The molecule has 1 heterocycles. The summed E-state index contributed by atoms with van der Waals surface area (Å²) in [5, 5.41) is 11.5. The lowest BCUT2D eigenvalue weighted by atomic mass is 10.1. The van der Waals surface area contributed by atoms with Gasteiger partial charge in [-0.25, -0.2) is 8.78 Å². The van der Waals surface area contributed by atoms with Crippen LogP contribution in [0.3, 0.4) is 0 Å². The van der Waals surface area contributed by atoms with Crippen LogP contribution in [0.1, 0.15) is 17.4 Å². The zero-order chi connectivity index (χ0) is 12.4. The molecule has 2 atom stereocenters. The average Bonchev–Trinajstić information content (AvgIpc) is 2.33. The molecule has 1 aromatic carbocycles. The van der Waals surface area contributed by atoms with Crippen molar-refractivity contribution in [1.82, 2.24) is 5.32 Å². The van der Waals surface area contributed by atoms with Crippen molar-refractivity contribution in [2.75, 3.05) is 5.75 Å². The third-order valence-corrected chi connectivity index (χ3v) is 3.80. The molecule has 2 N–H and O–H groups in total. The van der Waals surface area contributed by atoms with Crippen LogP contribution in [0.5, 0.6) is 0 Å². The van der Waals surface area contributed by atoms with E-state index in [9.17, 15) is 13.6 Å². The van der Waals surface area contributed by atoms with E-state index >= 15 is 0 Å². The van der Waals surface area contributed by atoms with Crippen molar-refractivity contribution in [3.63, 3.8) is 0 Å². The van der Waals surface area contributed by atoms with E-state index in [0.717, 1.165) is 12.1 Å². The Morgan fingerprint density at radius 2 is 2.18 bits per heavy atom. The van der Waals surface area contributed by atoms with Gasteiger partial charge in [-0.2, -0.15) is 0 Å². The fraction of sp³-hybridized carbons (Fsp3) is 0.364. The maximum atomic E-state index is 13.1. The molecule has 3 nitrogen and oxygen atoms in total. The minimum absolute atomic E-state index is 0.306. The number of halogens is 2. The molecule has 1 aromatic rings. The van der Waals surface area contributed by atoms with E-state index in [1.165, 1.54) is 17.8 Å². The number of thioether (sulfide) groups is 1. The molecular weight excluding hydrogens is 248 g/mol. The van der Waals surface area contributed by atoms with Gasteiger partial charge in [-0.3, -0.25) is 10.1 Å². The fourth-order valence-corrected chi connectivity index (χ4v) is 2.89. The van der Waals surface area contributed by atoms with E-state index in [1.54, 1.807) is 0 Å². The number of aliphatic carboxylic acids is 1. The predicted molar refractivity (Wildman–Crippen MR) is 60.7 cm³/mol. The Morgan fingerprint density at radius 3 is 2.82 bits per heavy atom. The fourth-order valence-electron chi connectivity index (χ4n) is 1.68. The number of carboxylic acid groups (broad SMARTS) is 1. The van der Waals surface area contributed by atoms with Crippen LogP contribution < -0.4 is 5.32 Å². The van der Waals surface area contributed by atoms with Crippen molar-refractivity contribution >= 4 is 17.7 Å². The highest BCUT2D eigenvalue weighted by Gasteiger charge is 2.27. The highest BCUT2D eigenvalue weighted by atomic mass is 32.2. The van der Waals surface area contributed by atoms with Gasteiger partial charge in [0.05, 0.1) is 5.37 Å². The standard InChI is InChI=1S/C11H11F2NO2S/c12-7-2-1-6(5-8(7)13)10-14-9(11(15)16)3-4-17-10/h1-2,5,9-10,14H,3-4H2,(H,15,16). The molecule has 0 bridgehead atoms. The molecule has 0 saturated carbocycles. The summed E-state index contributed by atoms with van der Waals surface area (Å²) in [5.41, 5.74) is 0.555. The molecular formula is C11H11F2NO2S. The molecule has 0 radical (unpaired) electrons. The van der Waals surface area contributed by atoms with Gasteiger partial charge < -0.3 is 5.11 Å². The predicted octanol–water partition coefficient (Wildman–Crippen LogP) is 2.14. The molecule has 1 aliphatic rings. The summed E-state index contributed by atoms with van der Waals surface area (Å²) in [5.74, 6) is -2.06. The van der Waals surface area contributed by atoms with E-state index in [4.69, 9.17) is 5.11 Å². The summed E-state index contributed by atoms with van der Waals surface area (Å²) in [6, 6.07) is 2.99. The van der Waals surface area contributed by atoms with Gasteiger partial charge >= 0.3 is 5.97 Å². The molecule has 1 fully saturated rings. The SMILES string of the molecule is O=C(O)C1CCSC(c2ccc(F)c(F)c2)N1. The summed E-state index contributed by atoms with van der Waals surface area (Å²) < 4.78 is 25.8. The first-order valence-corrected chi connectivity index (χ1v) is 6.18. The van der Waals surface area contributed by atoms with E-state index in [1.807, 2.05) is 0 Å². The van der Waals surface area contributed by atoms with Crippen molar-refractivity contribution in [3.8, 4) is 0 Å². The smallest absolute Gasteiger partial charge is 0.320 e. The highest BCUT2D eigenvalue weighted by Crippen LogP contribution is 2.32. The van der Waals surface area contributed by atoms with Gasteiger partial charge in [0.1, 0.15) is 6.04 Å². The van der Waals surface area contributed by atoms with E-state index in [-0.39, 0.29) is 5.37 Å². The lowest BCUT2D eigenvalue weighted by molar-refractivity contribution is -0.139. The molecule has 0 amide bonds. The van der Waals surface area contributed by atoms with Crippen LogP contribution in [0.4, 0.5) is 8.78 Å². The monoisotopic (exact) mass is 259 g/mol. The second-order valence-corrected chi connectivity index (χ2v) is 4.98. The van der Waals surface area contributed by atoms with Crippen LogP contribution in [0.2, 0.25) is 0 Å². The van der Waals surface area contributed by atoms with Crippen molar-refractivity contribution in [2.24, 2.45) is 0 Å². The second kappa shape index (κ2) is 5.01. The Balaban J connectivity index is 2.16. The third-order valence-electron chi connectivity index (χ3n) is 2.59. The van der Waals surface area contributed by atoms with Crippen molar-refractivity contribution < 1.29 is 18.7 Å². The molecule has 0 aliphatic carbocycles. The minimum atomic E-state index is -0.919. The van der Waals surface area contributed by atoms with Crippen LogP contribution in [-0.2, 0) is 4.79 Å².